The van der Waals surface area contributed by atoms with Crippen LogP contribution in [0.1, 0.15) is 100 Å². The van der Waals surface area contributed by atoms with Crippen LogP contribution < -0.4 is 0 Å². The molecule has 12 rings (SSSR count). The van der Waals surface area contributed by atoms with Crippen LogP contribution in [0.3, 0.4) is 0 Å². The summed E-state index contributed by atoms with van der Waals surface area (Å²) < 4.78 is 6.29. The minimum atomic E-state index is -0.164. The largest absolute Gasteiger partial charge is 3.00 e. The Morgan fingerprint density at radius 3 is 1.32 bits per heavy atom. The van der Waals surface area contributed by atoms with Gasteiger partial charge in [-0.1, -0.05) is 177 Å². The number of aromatic nitrogens is 6. The van der Waals surface area contributed by atoms with Crippen LogP contribution in [0.4, 0.5) is 0 Å². The molecule has 0 fully saturated rings. The van der Waals surface area contributed by atoms with E-state index in [4.69, 9.17) is 10.2 Å². The molecule has 0 N–H and O–H groups in total. The topological polar surface area (TPSA) is 53.5 Å². The fourth-order valence-corrected chi connectivity index (χ4v) is 11.4. The van der Waals surface area contributed by atoms with Gasteiger partial charge in [0, 0.05) is 41.4 Å². The van der Waals surface area contributed by atoms with Crippen LogP contribution in [0.2, 0.25) is 0 Å². The predicted octanol–water partition coefficient (Wildman–Crippen LogP) is 15.3. The normalized spacial score (nSPS) is 15.0. The minimum absolute atomic E-state index is 0. The van der Waals surface area contributed by atoms with Gasteiger partial charge < -0.3 is 4.57 Å². The fraction of sp³-hybridized carbons (Fsp3) is 0.250. The summed E-state index contributed by atoms with van der Waals surface area (Å²) in [5.74, 6) is 0.954. The van der Waals surface area contributed by atoms with Crippen LogP contribution in [0, 0.1) is 18.2 Å². The van der Waals surface area contributed by atoms with E-state index in [0.29, 0.717) is 0 Å². The molecule has 0 aliphatic carbocycles. The molecule has 2 aliphatic rings. The Hall–Kier alpha value is -7.18. The molecule has 10 aromatic rings. The third-order valence-corrected chi connectivity index (χ3v) is 17.1. The van der Waals surface area contributed by atoms with Gasteiger partial charge in [-0.25, -0.2) is 0 Å². The van der Waals surface area contributed by atoms with Gasteiger partial charge in [0.2, 0.25) is 0 Å². The molecule has 376 valence electrons. The molecule has 7 aromatic carbocycles. The number of fused-ring (bicyclic) bond motifs is 6. The molecular weight excluding hydrogens is 1090 g/mol. The second-order valence-corrected chi connectivity index (χ2v) is 22.5. The van der Waals surface area contributed by atoms with Crippen molar-refractivity contribution >= 4 is 0 Å². The molecule has 0 saturated heterocycles. The Bertz CT molecular complexity index is 3440. The van der Waals surface area contributed by atoms with Gasteiger partial charge in [0.25, 0.3) is 0 Å². The number of rotatable bonds is 10. The average molecular weight is 1160 g/mol. The summed E-state index contributed by atoms with van der Waals surface area (Å²) in [5, 5.41) is 9.96. The summed E-state index contributed by atoms with van der Waals surface area (Å²) in [6.45, 7) is 19.1. The van der Waals surface area contributed by atoms with E-state index in [-0.39, 0.29) is 41.8 Å². The SMILES string of the molecule is CC1(C)c2cc(CCc3cc(CCc4c[c-]c5c(c4)C(C)(C)C(C)(C)c4c(-c6ccccc6)cnn4-5)cc(-c4ccccc4)c3)c[c-]c2-n2ncc(-c3ccccc3)c2C1(C)C.Cn1ccnc1-c1[c-]cccc1.[Ir+3]. The molecule has 7 heteroatoms. The van der Waals surface area contributed by atoms with E-state index in [1.54, 1.807) is 6.20 Å². The quantitative estimate of drug-likeness (QED) is 0.128. The number of aryl methyl sites for hydroxylation is 5. The Kier molecular flexibility index (Phi) is 13.8. The predicted molar refractivity (Wildman–Crippen MR) is 302 cm³/mol. The van der Waals surface area contributed by atoms with Crippen LogP contribution in [-0.2, 0) is 74.5 Å². The van der Waals surface area contributed by atoms with E-state index in [1.807, 2.05) is 54.5 Å². The second-order valence-electron chi connectivity index (χ2n) is 22.5. The summed E-state index contributed by atoms with van der Waals surface area (Å²) in [5.41, 5.74) is 20.4. The Labute approximate surface area is 457 Å². The summed E-state index contributed by atoms with van der Waals surface area (Å²) >= 11 is 0. The molecule has 0 radical (unpaired) electrons. The van der Waals surface area contributed by atoms with E-state index >= 15 is 0 Å². The number of imidazole rings is 1. The van der Waals surface area contributed by atoms with E-state index in [1.165, 1.54) is 78.1 Å². The van der Waals surface area contributed by atoms with Gasteiger partial charge in [0.1, 0.15) is 0 Å². The maximum Gasteiger partial charge on any atom is 3.00 e. The van der Waals surface area contributed by atoms with E-state index in [2.05, 4.69) is 221 Å². The maximum absolute atomic E-state index is 4.98. The van der Waals surface area contributed by atoms with Crippen molar-refractivity contribution in [2.45, 2.75) is 103 Å². The third-order valence-electron chi connectivity index (χ3n) is 17.1. The number of hydrogen-bond acceptors (Lipinski definition) is 3. The standard InChI is InChI=1S/C58H56N4.C10H9N2.Ir/c1-55(2)49-35-39(28-30-51(49)61-53(57(55,5)6)47(37-59-61)44-20-14-10-15-21-44)24-26-41-32-42(34-46(33-41)43-18-12-9-13-19-43)27-25-40-29-31-52-50(36-40)56(3,4)58(7,8)54-48(38-60-62(52)54)45-22-16-11-17-23-45;1-12-8-7-11-10(12)9-5-3-2-4-6-9;/h9-23,28-29,32-38H,24-27H2,1-8H3;2-5,7-8H,1H3;/q-2;-1;+3. The Balaban J connectivity index is 0.000000433. The van der Waals surface area contributed by atoms with Crippen LogP contribution in [0.25, 0.3) is 56.1 Å². The zero-order valence-electron chi connectivity index (χ0n) is 44.7. The molecule has 3 aromatic heterocycles. The van der Waals surface area contributed by atoms with Gasteiger partial charge in [-0.3, -0.25) is 14.3 Å². The van der Waals surface area contributed by atoms with Gasteiger partial charge in [-0.15, -0.1) is 47.0 Å². The minimum Gasteiger partial charge on any atom is -0.373 e. The summed E-state index contributed by atoms with van der Waals surface area (Å²) in [4.78, 5) is 4.22. The molecule has 0 unspecified atom stereocenters. The molecule has 0 atom stereocenters. The van der Waals surface area contributed by atoms with Gasteiger partial charge in [0.05, 0.1) is 29.6 Å². The number of benzene rings is 7. The first kappa shape index (κ1) is 51.3. The molecule has 0 saturated carbocycles. The third kappa shape index (κ3) is 9.19. The molecule has 6 nitrogen and oxygen atoms in total. The van der Waals surface area contributed by atoms with Crippen LogP contribution in [0.5, 0.6) is 0 Å². The van der Waals surface area contributed by atoms with Crippen molar-refractivity contribution in [3.8, 4) is 56.1 Å². The van der Waals surface area contributed by atoms with Crippen molar-refractivity contribution < 1.29 is 20.1 Å². The molecule has 0 bridgehead atoms. The van der Waals surface area contributed by atoms with Crippen molar-refractivity contribution in [2.75, 3.05) is 0 Å². The zero-order chi connectivity index (χ0) is 51.4. The zero-order valence-corrected chi connectivity index (χ0v) is 47.1. The molecule has 75 heavy (non-hydrogen) atoms. The van der Waals surface area contributed by atoms with Crippen molar-refractivity contribution in [1.82, 2.24) is 29.1 Å². The fourth-order valence-electron chi connectivity index (χ4n) is 11.4. The molecular formula is C68H65IrN6. The summed E-state index contributed by atoms with van der Waals surface area (Å²) in [6.07, 6.45) is 11.6. The van der Waals surface area contributed by atoms with E-state index in [9.17, 15) is 0 Å². The summed E-state index contributed by atoms with van der Waals surface area (Å²) in [6, 6.07) is 67.1. The van der Waals surface area contributed by atoms with Crippen molar-refractivity contribution in [2.24, 2.45) is 7.05 Å². The Morgan fingerprint density at radius 1 is 0.453 bits per heavy atom. The van der Waals surface area contributed by atoms with Crippen LogP contribution in [-0.4, -0.2) is 29.1 Å². The molecule has 0 amide bonds. The smallest absolute Gasteiger partial charge is 0.373 e. The van der Waals surface area contributed by atoms with Gasteiger partial charge in [-0.2, -0.15) is 57.7 Å². The van der Waals surface area contributed by atoms with Gasteiger partial charge in [-0.05, 0) is 68.4 Å². The van der Waals surface area contributed by atoms with Crippen LogP contribution in [0.15, 0.2) is 183 Å². The molecule has 0 spiro atoms. The second kappa shape index (κ2) is 20.2. The Morgan fingerprint density at radius 2 is 0.893 bits per heavy atom. The van der Waals surface area contributed by atoms with Gasteiger partial charge in [0.15, 0.2) is 0 Å². The van der Waals surface area contributed by atoms with Crippen molar-refractivity contribution in [3.05, 3.63) is 245 Å². The molecule has 2 aliphatic heterocycles. The monoisotopic (exact) mass is 1160 g/mol. The van der Waals surface area contributed by atoms with Crippen molar-refractivity contribution in [1.29, 1.82) is 0 Å². The van der Waals surface area contributed by atoms with Crippen molar-refractivity contribution in [3.63, 3.8) is 0 Å². The first-order valence-electron chi connectivity index (χ1n) is 26.1. The average Bonchev–Trinajstić information content (AvgIpc) is 4.20. The summed E-state index contributed by atoms with van der Waals surface area (Å²) in [7, 11) is 1.98. The molecule has 5 heterocycles. The van der Waals surface area contributed by atoms with Crippen LogP contribution >= 0.6 is 0 Å². The van der Waals surface area contributed by atoms with Gasteiger partial charge >= 0.3 is 20.1 Å². The van der Waals surface area contributed by atoms with E-state index in [0.717, 1.165) is 48.4 Å². The van der Waals surface area contributed by atoms with E-state index < -0.39 is 0 Å². The number of hydrogen-bond donors (Lipinski definition) is 0. The number of nitrogens with zero attached hydrogens (tertiary/aromatic N) is 6. The first-order valence-corrected chi connectivity index (χ1v) is 26.1. The first-order chi connectivity index (χ1) is 35.6. The maximum atomic E-state index is 4.98.